The van der Waals surface area contributed by atoms with Crippen molar-refractivity contribution < 1.29 is 9.53 Å². The summed E-state index contributed by atoms with van der Waals surface area (Å²) in [6, 6.07) is 21.9. The van der Waals surface area contributed by atoms with Gasteiger partial charge in [-0.05, 0) is 47.7 Å². The number of carbonyl (C=O) groups excluding carboxylic acids is 1. The number of amides is 2. The predicted octanol–water partition coefficient (Wildman–Crippen LogP) is 4.96. The topological polar surface area (TPSA) is 54.5 Å². The monoisotopic (exact) mass is 387 g/mol. The van der Waals surface area contributed by atoms with E-state index in [0.717, 1.165) is 41.8 Å². The van der Waals surface area contributed by atoms with Crippen LogP contribution in [0.1, 0.15) is 18.4 Å². The number of nitrogens with zero attached hydrogens (tertiary/aromatic N) is 2. The van der Waals surface area contributed by atoms with E-state index >= 15 is 0 Å². The molecule has 29 heavy (non-hydrogen) atoms. The lowest BCUT2D eigenvalue weighted by Crippen LogP contribution is -2.39. The SMILES string of the molecule is O=C(Nc1ccc(-c2ccccc2)cc1)N(Cc1cccnc1)CC1CCCO1. The second kappa shape index (κ2) is 9.34. The lowest BCUT2D eigenvalue weighted by molar-refractivity contribution is 0.0819. The molecule has 1 atom stereocenters. The fourth-order valence-electron chi connectivity index (χ4n) is 3.54. The number of hydrogen-bond acceptors (Lipinski definition) is 3. The van der Waals surface area contributed by atoms with Crippen LogP contribution in [0.25, 0.3) is 11.1 Å². The van der Waals surface area contributed by atoms with Crippen LogP contribution in [0.4, 0.5) is 10.5 Å². The quantitative estimate of drug-likeness (QED) is 0.650. The highest BCUT2D eigenvalue weighted by Crippen LogP contribution is 2.22. The van der Waals surface area contributed by atoms with Crippen LogP contribution in [0.5, 0.6) is 0 Å². The van der Waals surface area contributed by atoms with Crippen molar-refractivity contribution >= 4 is 11.7 Å². The first kappa shape index (κ1) is 19.2. The van der Waals surface area contributed by atoms with Gasteiger partial charge in [0.05, 0.1) is 6.10 Å². The number of carbonyl (C=O) groups is 1. The molecule has 0 radical (unpaired) electrons. The molecule has 2 heterocycles. The average molecular weight is 387 g/mol. The van der Waals surface area contributed by atoms with Crippen molar-refractivity contribution in [3.8, 4) is 11.1 Å². The minimum absolute atomic E-state index is 0.0953. The lowest BCUT2D eigenvalue weighted by atomic mass is 10.1. The number of nitrogens with one attached hydrogen (secondary N) is 1. The van der Waals surface area contributed by atoms with Crippen molar-refractivity contribution in [2.75, 3.05) is 18.5 Å². The van der Waals surface area contributed by atoms with Gasteiger partial charge in [0.25, 0.3) is 0 Å². The second-order valence-electron chi connectivity index (χ2n) is 7.25. The van der Waals surface area contributed by atoms with Crippen molar-refractivity contribution in [2.24, 2.45) is 0 Å². The Kier molecular flexibility index (Phi) is 6.17. The van der Waals surface area contributed by atoms with Crippen LogP contribution < -0.4 is 5.32 Å². The number of rotatable bonds is 6. The molecule has 0 bridgehead atoms. The molecule has 3 aromatic rings. The number of pyridine rings is 1. The highest BCUT2D eigenvalue weighted by molar-refractivity contribution is 5.89. The van der Waals surface area contributed by atoms with Gasteiger partial charge >= 0.3 is 6.03 Å². The van der Waals surface area contributed by atoms with Crippen LogP contribution in [-0.4, -0.2) is 35.2 Å². The zero-order chi connectivity index (χ0) is 19.9. The maximum absolute atomic E-state index is 13.0. The molecule has 148 valence electrons. The third kappa shape index (κ3) is 5.21. The Morgan fingerprint density at radius 1 is 1.03 bits per heavy atom. The Balaban J connectivity index is 1.45. The average Bonchev–Trinajstić information content (AvgIpc) is 3.28. The molecule has 2 aromatic carbocycles. The largest absolute Gasteiger partial charge is 0.376 e. The molecule has 1 N–H and O–H groups in total. The molecule has 1 fully saturated rings. The van der Waals surface area contributed by atoms with E-state index in [1.54, 1.807) is 17.3 Å². The molecule has 1 unspecified atom stereocenters. The molecular formula is C24H25N3O2. The smallest absolute Gasteiger partial charge is 0.322 e. The van der Waals surface area contributed by atoms with Gasteiger partial charge < -0.3 is 15.0 Å². The summed E-state index contributed by atoms with van der Waals surface area (Å²) in [5.74, 6) is 0. The van der Waals surface area contributed by atoms with E-state index in [4.69, 9.17) is 4.74 Å². The van der Waals surface area contributed by atoms with Gasteiger partial charge in [-0.1, -0.05) is 48.5 Å². The molecule has 0 aliphatic carbocycles. The summed E-state index contributed by atoms with van der Waals surface area (Å²) in [6.45, 7) is 1.85. The molecule has 1 aromatic heterocycles. The Morgan fingerprint density at radius 3 is 2.52 bits per heavy atom. The summed E-state index contributed by atoms with van der Waals surface area (Å²) >= 11 is 0. The van der Waals surface area contributed by atoms with Crippen molar-refractivity contribution in [1.82, 2.24) is 9.88 Å². The Morgan fingerprint density at radius 2 is 1.83 bits per heavy atom. The highest BCUT2D eigenvalue weighted by Gasteiger charge is 2.23. The van der Waals surface area contributed by atoms with Crippen molar-refractivity contribution in [3.05, 3.63) is 84.7 Å². The molecule has 1 aliphatic rings. The molecule has 5 nitrogen and oxygen atoms in total. The highest BCUT2D eigenvalue weighted by atomic mass is 16.5. The van der Waals surface area contributed by atoms with E-state index < -0.39 is 0 Å². The van der Waals surface area contributed by atoms with Gasteiger partial charge in [0.2, 0.25) is 0 Å². The third-order valence-corrected chi connectivity index (χ3v) is 5.07. The van der Waals surface area contributed by atoms with Crippen molar-refractivity contribution in [3.63, 3.8) is 0 Å². The zero-order valence-electron chi connectivity index (χ0n) is 16.3. The molecule has 5 heteroatoms. The number of urea groups is 1. The normalized spacial score (nSPS) is 15.8. The van der Waals surface area contributed by atoms with Gasteiger partial charge in [-0.15, -0.1) is 0 Å². The first-order valence-corrected chi connectivity index (χ1v) is 10.00. The van der Waals surface area contributed by atoms with E-state index in [1.165, 1.54) is 0 Å². The number of ether oxygens (including phenoxy) is 1. The molecular weight excluding hydrogens is 362 g/mol. The minimum Gasteiger partial charge on any atom is -0.376 e. The van der Waals surface area contributed by atoms with E-state index in [-0.39, 0.29) is 12.1 Å². The summed E-state index contributed by atoms with van der Waals surface area (Å²) in [4.78, 5) is 19.0. The summed E-state index contributed by atoms with van der Waals surface area (Å²) in [6.07, 6.45) is 5.67. The summed E-state index contributed by atoms with van der Waals surface area (Å²) in [5.41, 5.74) is 4.05. The maximum atomic E-state index is 13.0. The van der Waals surface area contributed by atoms with E-state index in [2.05, 4.69) is 22.4 Å². The van der Waals surface area contributed by atoms with Gasteiger partial charge in [-0.25, -0.2) is 4.79 Å². The summed E-state index contributed by atoms with van der Waals surface area (Å²) < 4.78 is 5.75. The van der Waals surface area contributed by atoms with E-state index in [1.807, 2.05) is 54.6 Å². The van der Waals surface area contributed by atoms with Gasteiger partial charge in [-0.3, -0.25) is 4.98 Å². The Labute approximate surface area is 171 Å². The summed E-state index contributed by atoms with van der Waals surface area (Å²) in [5, 5.41) is 3.03. The maximum Gasteiger partial charge on any atom is 0.322 e. The standard InChI is InChI=1S/C24H25N3O2/c28-24(26-22-12-10-21(11-13-22)20-7-2-1-3-8-20)27(18-23-9-5-15-29-23)17-19-6-4-14-25-16-19/h1-4,6-8,10-14,16,23H,5,9,15,17-18H2,(H,26,28). The molecule has 1 saturated heterocycles. The zero-order valence-corrected chi connectivity index (χ0v) is 16.3. The van der Waals surface area contributed by atoms with Gasteiger partial charge in [0.15, 0.2) is 0 Å². The first-order chi connectivity index (χ1) is 14.3. The van der Waals surface area contributed by atoms with Crippen LogP contribution in [0.3, 0.4) is 0 Å². The number of hydrogen-bond donors (Lipinski definition) is 1. The Bertz CT molecular complexity index is 908. The summed E-state index contributed by atoms with van der Waals surface area (Å²) in [7, 11) is 0. The van der Waals surface area contributed by atoms with Crippen LogP contribution >= 0.6 is 0 Å². The van der Waals surface area contributed by atoms with E-state index in [0.29, 0.717) is 13.1 Å². The minimum atomic E-state index is -0.128. The molecule has 2 amide bonds. The fourth-order valence-corrected chi connectivity index (χ4v) is 3.54. The number of benzene rings is 2. The second-order valence-corrected chi connectivity index (χ2v) is 7.25. The number of aromatic nitrogens is 1. The molecule has 0 saturated carbocycles. The molecule has 4 rings (SSSR count). The van der Waals surface area contributed by atoms with E-state index in [9.17, 15) is 4.79 Å². The van der Waals surface area contributed by atoms with Gasteiger partial charge in [0.1, 0.15) is 0 Å². The lowest BCUT2D eigenvalue weighted by Gasteiger charge is -2.26. The van der Waals surface area contributed by atoms with Crippen LogP contribution in [0.15, 0.2) is 79.1 Å². The molecule has 1 aliphatic heterocycles. The predicted molar refractivity (Wildman–Crippen MR) is 115 cm³/mol. The molecule has 0 spiro atoms. The first-order valence-electron chi connectivity index (χ1n) is 10.00. The van der Waals surface area contributed by atoms with Crippen molar-refractivity contribution in [1.29, 1.82) is 0 Å². The number of anilines is 1. The Hall–Kier alpha value is -3.18. The van der Waals surface area contributed by atoms with Crippen molar-refractivity contribution in [2.45, 2.75) is 25.5 Å². The van der Waals surface area contributed by atoms with Gasteiger partial charge in [-0.2, -0.15) is 0 Å². The van der Waals surface area contributed by atoms with Crippen LogP contribution in [0.2, 0.25) is 0 Å². The van der Waals surface area contributed by atoms with Gasteiger partial charge in [0, 0.05) is 37.8 Å². The van der Waals surface area contributed by atoms with Crippen LogP contribution in [-0.2, 0) is 11.3 Å². The fraction of sp³-hybridized carbons (Fsp3) is 0.250. The third-order valence-electron chi connectivity index (χ3n) is 5.07. The van der Waals surface area contributed by atoms with Crippen LogP contribution in [0, 0.1) is 0 Å².